The van der Waals surface area contributed by atoms with Crippen LogP contribution in [0.2, 0.25) is 0 Å². The molecule has 88 valence electrons. The highest BCUT2D eigenvalue weighted by Gasteiger charge is 2.06. The quantitative estimate of drug-likeness (QED) is 0.641. The van der Waals surface area contributed by atoms with E-state index >= 15 is 0 Å². The number of hydrogen-bond donors (Lipinski definition) is 0. The maximum absolute atomic E-state index is 11.8. The summed E-state index contributed by atoms with van der Waals surface area (Å²) in [6.45, 7) is 0. The smallest absolute Gasteiger partial charge is 0.206 e. The number of carbonyl (C=O) groups is 1. The number of halogens is 1. The normalized spacial score (nSPS) is 11.2. The minimum absolute atomic E-state index is 0.126. The van der Waals surface area contributed by atoms with Gasteiger partial charge in [-0.05, 0) is 34.1 Å². The molecule has 2 rings (SSSR count). The lowest BCUT2D eigenvalue weighted by molar-refractivity contribution is 0.104. The van der Waals surface area contributed by atoms with Crippen LogP contribution in [-0.4, -0.2) is 25.3 Å². The summed E-state index contributed by atoms with van der Waals surface area (Å²) in [5.74, 6) is -0.126. The summed E-state index contributed by atoms with van der Waals surface area (Å²) >= 11 is 3.36. The lowest BCUT2D eigenvalue weighted by atomic mass is 10.2. The van der Waals surface area contributed by atoms with Crippen molar-refractivity contribution in [1.29, 1.82) is 0 Å². The van der Waals surface area contributed by atoms with E-state index < -0.39 is 0 Å². The summed E-state index contributed by atoms with van der Waals surface area (Å²) in [6, 6.07) is 1.69. The Morgan fingerprint density at radius 1 is 1.47 bits per heavy atom. The van der Waals surface area contributed by atoms with Crippen molar-refractivity contribution < 1.29 is 4.79 Å². The first kappa shape index (κ1) is 11.8. The van der Waals surface area contributed by atoms with E-state index in [0.717, 1.165) is 10.2 Å². The molecule has 17 heavy (non-hydrogen) atoms. The molecule has 2 aromatic heterocycles. The number of nitrogens with zero attached hydrogens (tertiary/aromatic N) is 4. The molecule has 0 saturated carbocycles. The molecule has 0 unspecified atom stereocenters. The highest BCUT2D eigenvalue weighted by molar-refractivity contribution is 9.10. The van der Waals surface area contributed by atoms with Gasteiger partial charge in [0.1, 0.15) is 5.69 Å². The van der Waals surface area contributed by atoms with E-state index in [1.807, 2.05) is 7.05 Å². The van der Waals surface area contributed by atoms with Gasteiger partial charge < -0.3 is 0 Å². The van der Waals surface area contributed by atoms with Crippen LogP contribution in [0.5, 0.6) is 0 Å². The first-order valence-corrected chi connectivity index (χ1v) is 5.77. The van der Waals surface area contributed by atoms with Crippen molar-refractivity contribution in [1.82, 2.24) is 19.6 Å². The molecule has 0 N–H and O–H groups in total. The van der Waals surface area contributed by atoms with E-state index in [9.17, 15) is 4.79 Å². The minimum atomic E-state index is -0.126. The summed E-state index contributed by atoms with van der Waals surface area (Å²) in [7, 11) is 3.59. The molecule has 0 saturated heterocycles. The third-order valence-corrected chi connectivity index (χ3v) is 2.91. The van der Waals surface area contributed by atoms with E-state index in [4.69, 9.17) is 0 Å². The number of carbonyl (C=O) groups excluding carboxylic acids is 1. The predicted molar refractivity (Wildman–Crippen MR) is 67.5 cm³/mol. The van der Waals surface area contributed by atoms with Gasteiger partial charge in [0.25, 0.3) is 0 Å². The second kappa shape index (κ2) is 4.67. The maximum atomic E-state index is 11.8. The van der Waals surface area contributed by atoms with E-state index in [1.54, 1.807) is 40.9 Å². The molecule has 0 aliphatic heterocycles. The van der Waals surface area contributed by atoms with Crippen LogP contribution in [0.3, 0.4) is 0 Å². The number of aryl methyl sites for hydroxylation is 2. The van der Waals surface area contributed by atoms with Crippen molar-refractivity contribution in [2.75, 3.05) is 0 Å². The van der Waals surface area contributed by atoms with Crippen molar-refractivity contribution >= 4 is 27.8 Å². The average molecular weight is 295 g/mol. The van der Waals surface area contributed by atoms with Crippen LogP contribution in [0.1, 0.15) is 16.2 Å². The Bertz CT molecular complexity index is 563. The van der Waals surface area contributed by atoms with Crippen LogP contribution in [0.25, 0.3) is 6.08 Å². The van der Waals surface area contributed by atoms with Crippen LogP contribution in [0.15, 0.2) is 29.0 Å². The molecule has 0 aliphatic carbocycles. The molecule has 2 aromatic rings. The maximum Gasteiger partial charge on any atom is 0.206 e. The monoisotopic (exact) mass is 294 g/mol. The Morgan fingerprint density at radius 2 is 2.24 bits per heavy atom. The third-order valence-electron chi connectivity index (χ3n) is 2.30. The third kappa shape index (κ3) is 2.52. The SMILES string of the molecule is Cn1ccc(C(=O)/C=C/c2c(Br)cnn2C)n1. The van der Waals surface area contributed by atoms with Gasteiger partial charge in [0, 0.05) is 20.3 Å². The molecule has 0 bridgehead atoms. The Labute approximate surface area is 107 Å². The molecule has 0 aliphatic rings. The number of aromatic nitrogens is 4. The number of hydrogen-bond acceptors (Lipinski definition) is 3. The van der Waals surface area contributed by atoms with Crippen molar-refractivity contribution in [3.63, 3.8) is 0 Å². The van der Waals surface area contributed by atoms with Crippen LogP contribution >= 0.6 is 15.9 Å². The van der Waals surface area contributed by atoms with Gasteiger partial charge in [-0.2, -0.15) is 10.2 Å². The standard InChI is InChI=1S/C11H11BrN4O/c1-15-6-5-9(14-15)11(17)4-3-10-8(12)7-13-16(10)2/h3-7H,1-2H3/b4-3+. The summed E-state index contributed by atoms with van der Waals surface area (Å²) < 4.78 is 4.14. The first-order valence-electron chi connectivity index (χ1n) is 4.97. The van der Waals surface area contributed by atoms with Gasteiger partial charge in [-0.25, -0.2) is 0 Å². The molecule has 2 heterocycles. The van der Waals surface area contributed by atoms with Gasteiger partial charge >= 0.3 is 0 Å². The van der Waals surface area contributed by atoms with Crippen molar-refractivity contribution in [3.8, 4) is 0 Å². The van der Waals surface area contributed by atoms with Gasteiger partial charge in [0.2, 0.25) is 5.78 Å². The van der Waals surface area contributed by atoms with Gasteiger partial charge in [0.15, 0.2) is 0 Å². The zero-order chi connectivity index (χ0) is 12.4. The Balaban J connectivity index is 2.19. The molecule has 5 nitrogen and oxygen atoms in total. The molecular formula is C11H11BrN4O. The number of ketones is 1. The highest BCUT2D eigenvalue weighted by atomic mass is 79.9. The van der Waals surface area contributed by atoms with Gasteiger partial charge in [-0.15, -0.1) is 0 Å². The minimum Gasteiger partial charge on any atom is -0.287 e. The van der Waals surface area contributed by atoms with Crippen molar-refractivity contribution in [3.05, 3.63) is 40.4 Å². The largest absolute Gasteiger partial charge is 0.287 e. The van der Waals surface area contributed by atoms with Gasteiger partial charge in [-0.3, -0.25) is 14.2 Å². The van der Waals surface area contributed by atoms with E-state index in [0.29, 0.717) is 5.69 Å². The molecule has 0 fully saturated rings. The Morgan fingerprint density at radius 3 is 2.76 bits per heavy atom. The molecule has 0 aromatic carbocycles. The van der Waals surface area contributed by atoms with E-state index in [1.165, 1.54) is 6.08 Å². The summed E-state index contributed by atoms with van der Waals surface area (Å²) in [5.41, 5.74) is 1.27. The van der Waals surface area contributed by atoms with E-state index in [2.05, 4.69) is 26.1 Å². The first-order chi connectivity index (χ1) is 8.08. The molecule has 0 atom stereocenters. The second-order valence-corrected chi connectivity index (χ2v) is 4.43. The number of allylic oxidation sites excluding steroid dienone is 1. The molecular weight excluding hydrogens is 284 g/mol. The second-order valence-electron chi connectivity index (χ2n) is 3.57. The summed E-state index contributed by atoms with van der Waals surface area (Å²) in [5, 5.41) is 8.10. The van der Waals surface area contributed by atoms with Crippen LogP contribution in [0, 0.1) is 0 Å². The topological polar surface area (TPSA) is 52.7 Å². The lowest BCUT2D eigenvalue weighted by Gasteiger charge is -1.94. The fourth-order valence-electron chi connectivity index (χ4n) is 1.39. The van der Waals surface area contributed by atoms with Crippen molar-refractivity contribution in [2.24, 2.45) is 14.1 Å². The van der Waals surface area contributed by atoms with Crippen LogP contribution in [0.4, 0.5) is 0 Å². The molecule has 0 spiro atoms. The zero-order valence-corrected chi connectivity index (χ0v) is 11.0. The molecule has 0 amide bonds. The molecule has 6 heteroatoms. The Hall–Kier alpha value is -1.69. The highest BCUT2D eigenvalue weighted by Crippen LogP contribution is 2.16. The molecule has 0 radical (unpaired) electrons. The summed E-state index contributed by atoms with van der Waals surface area (Å²) in [4.78, 5) is 11.8. The van der Waals surface area contributed by atoms with Crippen LogP contribution < -0.4 is 0 Å². The Kier molecular flexibility index (Phi) is 3.23. The van der Waals surface area contributed by atoms with Gasteiger partial charge in [-0.1, -0.05) is 0 Å². The van der Waals surface area contributed by atoms with E-state index in [-0.39, 0.29) is 5.78 Å². The van der Waals surface area contributed by atoms with Crippen LogP contribution in [-0.2, 0) is 14.1 Å². The fraction of sp³-hybridized carbons (Fsp3) is 0.182. The number of rotatable bonds is 3. The van der Waals surface area contributed by atoms with Crippen molar-refractivity contribution in [2.45, 2.75) is 0 Å². The van der Waals surface area contributed by atoms with Gasteiger partial charge in [0.05, 0.1) is 16.4 Å². The predicted octanol–water partition coefficient (Wildman–Crippen LogP) is 1.81. The fourth-order valence-corrected chi connectivity index (χ4v) is 1.87. The lowest BCUT2D eigenvalue weighted by Crippen LogP contribution is -1.98. The average Bonchev–Trinajstić information content (AvgIpc) is 2.84. The zero-order valence-electron chi connectivity index (χ0n) is 9.46. The summed E-state index contributed by atoms with van der Waals surface area (Å²) in [6.07, 6.45) is 6.63.